The summed E-state index contributed by atoms with van der Waals surface area (Å²) in [7, 11) is 0. The molecule has 0 radical (unpaired) electrons. The van der Waals surface area contributed by atoms with E-state index < -0.39 is 0 Å². The van der Waals surface area contributed by atoms with E-state index in [1.54, 1.807) is 0 Å². The van der Waals surface area contributed by atoms with Crippen molar-refractivity contribution in [2.45, 2.75) is 26.5 Å². The van der Waals surface area contributed by atoms with E-state index in [4.69, 9.17) is 10.5 Å². The van der Waals surface area contributed by atoms with Crippen molar-refractivity contribution in [2.75, 3.05) is 0 Å². The van der Waals surface area contributed by atoms with Gasteiger partial charge >= 0.3 is 0 Å². The molecule has 1 unspecified atom stereocenters. The van der Waals surface area contributed by atoms with Crippen LogP contribution < -0.4 is 10.5 Å². The van der Waals surface area contributed by atoms with Crippen LogP contribution in [-0.2, 0) is 6.61 Å². The van der Waals surface area contributed by atoms with E-state index in [1.807, 2.05) is 19.1 Å². The highest BCUT2D eigenvalue weighted by Gasteiger charge is 2.04. The van der Waals surface area contributed by atoms with Crippen molar-refractivity contribution >= 4 is 22.6 Å². The average Bonchev–Trinajstić information content (AvgIpc) is 2.39. The van der Waals surface area contributed by atoms with Gasteiger partial charge < -0.3 is 10.5 Å². The molecule has 2 aromatic carbocycles. The van der Waals surface area contributed by atoms with E-state index in [-0.39, 0.29) is 6.04 Å². The van der Waals surface area contributed by atoms with Crippen LogP contribution in [0.3, 0.4) is 0 Å². The third-order valence-corrected chi connectivity index (χ3v) is 3.75. The van der Waals surface area contributed by atoms with Gasteiger partial charge in [-0.3, -0.25) is 0 Å². The van der Waals surface area contributed by atoms with Gasteiger partial charge in [0.25, 0.3) is 0 Å². The number of hydrogen-bond donors (Lipinski definition) is 1. The van der Waals surface area contributed by atoms with Crippen molar-refractivity contribution in [3.05, 3.63) is 62.7 Å². The molecule has 0 aliphatic heterocycles. The minimum atomic E-state index is 0.0592. The molecule has 0 aliphatic rings. The molecule has 3 heteroatoms. The summed E-state index contributed by atoms with van der Waals surface area (Å²) in [6.45, 7) is 4.63. The first-order valence-corrected chi connectivity index (χ1v) is 7.37. The zero-order valence-electron chi connectivity index (χ0n) is 11.2. The maximum Gasteiger partial charge on any atom is 0.122 e. The smallest absolute Gasteiger partial charge is 0.122 e. The lowest BCUT2D eigenvalue weighted by Crippen LogP contribution is -2.05. The predicted molar refractivity (Wildman–Crippen MR) is 87.3 cm³/mol. The SMILES string of the molecule is Cc1cc(C(C)N)ccc1OCc1ccc(I)cc1. The van der Waals surface area contributed by atoms with Crippen LogP contribution in [0, 0.1) is 10.5 Å². The molecule has 1 atom stereocenters. The van der Waals surface area contributed by atoms with Gasteiger partial charge in [-0.05, 0) is 71.3 Å². The number of halogens is 1. The molecule has 0 aromatic heterocycles. The van der Waals surface area contributed by atoms with Gasteiger partial charge in [0, 0.05) is 9.61 Å². The first-order chi connectivity index (χ1) is 9.06. The van der Waals surface area contributed by atoms with Gasteiger partial charge in [0.05, 0.1) is 0 Å². The number of rotatable bonds is 4. The largest absolute Gasteiger partial charge is 0.489 e. The summed E-state index contributed by atoms with van der Waals surface area (Å²) >= 11 is 2.30. The van der Waals surface area contributed by atoms with Gasteiger partial charge in [-0.1, -0.05) is 24.3 Å². The second-order valence-corrected chi connectivity index (χ2v) is 5.97. The molecule has 0 heterocycles. The maximum atomic E-state index is 5.87. The van der Waals surface area contributed by atoms with Gasteiger partial charge in [-0.15, -0.1) is 0 Å². The Kier molecular flexibility index (Phi) is 4.82. The molecule has 0 bridgehead atoms. The Morgan fingerprint density at radius 2 is 1.84 bits per heavy atom. The molecule has 2 nitrogen and oxygen atoms in total. The Bertz CT molecular complexity index is 549. The van der Waals surface area contributed by atoms with Crippen molar-refractivity contribution < 1.29 is 4.74 Å². The Labute approximate surface area is 128 Å². The van der Waals surface area contributed by atoms with Crippen LogP contribution in [0.2, 0.25) is 0 Å². The normalized spacial score (nSPS) is 12.2. The van der Waals surface area contributed by atoms with Crippen molar-refractivity contribution in [1.29, 1.82) is 0 Å². The zero-order chi connectivity index (χ0) is 13.8. The fourth-order valence-corrected chi connectivity index (χ4v) is 2.22. The summed E-state index contributed by atoms with van der Waals surface area (Å²) in [5.41, 5.74) is 9.31. The standard InChI is InChI=1S/C16H18INO/c1-11-9-14(12(2)18)5-8-16(11)19-10-13-3-6-15(17)7-4-13/h3-9,12H,10,18H2,1-2H3. The molecule has 0 saturated carbocycles. The number of aryl methyl sites for hydroxylation is 1. The first kappa shape index (κ1) is 14.3. The minimum absolute atomic E-state index is 0.0592. The molecule has 2 aromatic rings. The van der Waals surface area contributed by atoms with Crippen LogP contribution in [0.4, 0.5) is 0 Å². The third kappa shape index (κ3) is 3.94. The highest BCUT2D eigenvalue weighted by molar-refractivity contribution is 14.1. The van der Waals surface area contributed by atoms with Crippen molar-refractivity contribution in [3.63, 3.8) is 0 Å². The molecular weight excluding hydrogens is 349 g/mol. The fraction of sp³-hybridized carbons (Fsp3) is 0.250. The van der Waals surface area contributed by atoms with E-state index in [9.17, 15) is 0 Å². The van der Waals surface area contributed by atoms with Crippen molar-refractivity contribution in [2.24, 2.45) is 5.73 Å². The number of nitrogens with two attached hydrogens (primary N) is 1. The molecule has 0 fully saturated rings. The van der Waals surface area contributed by atoms with Crippen LogP contribution >= 0.6 is 22.6 Å². The number of hydrogen-bond acceptors (Lipinski definition) is 2. The quantitative estimate of drug-likeness (QED) is 0.823. The predicted octanol–water partition coefficient (Wildman–Crippen LogP) is 4.20. The van der Waals surface area contributed by atoms with Crippen molar-refractivity contribution in [3.8, 4) is 5.75 Å². The molecule has 2 N–H and O–H groups in total. The minimum Gasteiger partial charge on any atom is -0.489 e. The fourth-order valence-electron chi connectivity index (χ4n) is 1.86. The Morgan fingerprint density at radius 1 is 1.16 bits per heavy atom. The zero-order valence-corrected chi connectivity index (χ0v) is 13.3. The van der Waals surface area contributed by atoms with Crippen LogP contribution in [0.5, 0.6) is 5.75 Å². The van der Waals surface area contributed by atoms with Gasteiger partial charge in [0.2, 0.25) is 0 Å². The summed E-state index contributed by atoms with van der Waals surface area (Å²) in [5.74, 6) is 0.919. The van der Waals surface area contributed by atoms with Gasteiger partial charge in [-0.2, -0.15) is 0 Å². The molecule has 0 spiro atoms. The molecule has 0 aliphatic carbocycles. The van der Waals surface area contributed by atoms with E-state index in [0.29, 0.717) is 6.61 Å². The highest BCUT2D eigenvalue weighted by Crippen LogP contribution is 2.22. The molecule has 0 amide bonds. The van der Waals surface area contributed by atoms with Crippen LogP contribution in [0.15, 0.2) is 42.5 Å². The maximum absolute atomic E-state index is 5.87. The molecule has 0 saturated heterocycles. The molecular formula is C16H18INO. The number of ether oxygens (including phenoxy) is 1. The summed E-state index contributed by atoms with van der Waals surface area (Å²) in [5, 5.41) is 0. The van der Waals surface area contributed by atoms with E-state index in [2.05, 4.69) is 59.8 Å². The summed E-state index contributed by atoms with van der Waals surface area (Å²) in [6, 6.07) is 14.5. The lowest BCUT2D eigenvalue weighted by atomic mass is 10.1. The van der Waals surface area contributed by atoms with Crippen molar-refractivity contribution in [1.82, 2.24) is 0 Å². The van der Waals surface area contributed by atoms with Crippen LogP contribution in [0.25, 0.3) is 0 Å². The monoisotopic (exact) mass is 367 g/mol. The lowest BCUT2D eigenvalue weighted by Gasteiger charge is -2.12. The number of benzene rings is 2. The Morgan fingerprint density at radius 3 is 2.42 bits per heavy atom. The highest BCUT2D eigenvalue weighted by atomic mass is 127. The van der Waals surface area contributed by atoms with E-state index >= 15 is 0 Å². The summed E-state index contributed by atoms with van der Waals surface area (Å²) in [6.07, 6.45) is 0. The lowest BCUT2D eigenvalue weighted by molar-refractivity contribution is 0.304. The molecule has 100 valence electrons. The third-order valence-electron chi connectivity index (χ3n) is 3.03. The van der Waals surface area contributed by atoms with E-state index in [0.717, 1.165) is 16.9 Å². The summed E-state index contributed by atoms with van der Waals surface area (Å²) < 4.78 is 7.09. The van der Waals surface area contributed by atoms with Gasteiger partial charge in [0.15, 0.2) is 0 Å². The first-order valence-electron chi connectivity index (χ1n) is 6.29. The van der Waals surface area contributed by atoms with Gasteiger partial charge in [0.1, 0.15) is 12.4 Å². The van der Waals surface area contributed by atoms with Gasteiger partial charge in [-0.25, -0.2) is 0 Å². The molecule has 2 rings (SSSR count). The van der Waals surface area contributed by atoms with Crippen LogP contribution in [0.1, 0.15) is 29.7 Å². The summed E-state index contributed by atoms with van der Waals surface area (Å²) in [4.78, 5) is 0. The molecule has 19 heavy (non-hydrogen) atoms. The van der Waals surface area contributed by atoms with E-state index in [1.165, 1.54) is 9.13 Å². The second kappa shape index (κ2) is 6.39. The second-order valence-electron chi connectivity index (χ2n) is 4.73. The average molecular weight is 367 g/mol. The Balaban J connectivity index is 2.05. The topological polar surface area (TPSA) is 35.2 Å². The Hall–Kier alpha value is -1.07. The van der Waals surface area contributed by atoms with Crippen LogP contribution in [-0.4, -0.2) is 0 Å².